The lowest BCUT2D eigenvalue weighted by Crippen LogP contribution is -1.92. The van der Waals surface area contributed by atoms with Gasteiger partial charge in [-0.25, -0.2) is 9.97 Å². The van der Waals surface area contributed by atoms with Crippen molar-refractivity contribution in [2.45, 2.75) is 0 Å². The second-order valence-electron chi connectivity index (χ2n) is 5.38. The summed E-state index contributed by atoms with van der Waals surface area (Å²) in [5.74, 6) is 0.679. The summed E-state index contributed by atoms with van der Waals surface area (Å²) in [6.07, 6.45) is 3.71. The van der Waals surface area contributed by atoms with Crippen LogP contribution in [0.4, 0.5) is 0 Å². The van der Waals surface area contributed by atoms with Gasteiger partial charge in [-0.2, -0.15) is 0 Å². The van der Waals surface area contributed by atoms with Crippen LogP contribution in [0.25, 0.3) is 42.6 Å². The van der Waals surface area contributed by atoms with E-state index in [1.54, 1.807) is 11.3 Å². The molecular formula is C19H11N3S. The van der Waals surface area contributed by atoms with Crippen LogP contribution in [0, 0.1) is 0 Å². The van der Waals surface area contributed by atoms with E-state index in [1.807, 2.05) is 36.7 Å². The van der Waals surface area contributed by atoms with Crippen LogP contribution in [0.5, 0.6) is 0 Å². The van der Waals surface area contributed by atoms with Crippen molar-refractivity contribution in [2.24, 2.45) is 0 Å². The summed E-state index contributed by atoms with van der Waals surface area (Å²) in [4.78, 5) is 13.8. The van der Waals surface area contributed by atoms with Crippen LogP contribution in [-0.2, 0) is 0 Å². The highest BCUT2D eigenvalue weighted by Crippen LogP contribution is 2.37. The number of aromatic nitrogens is 3. The SMILES string of the molecule is c1ccc2nc(-c3nccc4sc5ccccc5c34)ncc2c1. The number of pyridine rings is 1. The zero-order valence-electron chi connectivity index (χ0n) is 12.1. The third kappa shape index (κ3) is 1.92. The first kappa shape index (κ1) is 12.7. The van der Waals surface area contributed by atoms with Gasteiger partial charge in [0.05, 0.1) is 5.52 Å². The van der Waals surface area contributed by atoms with Crippen molar-refractivity contribution >= 4 is 42.4 Å². The summed E-state index contributed by atoms with van der Waals surface area (Å²) in [5, 5.41) is 3.40. The van der Waals surface area contributed by atoms with Crippen molar-refractivity contribution in [3.8, 4) is 11.5 Å². The molecule has 0 fully saturated rings. The predicted octanol–water partition coefficient (Wildman–Crippen LogP) is 5.06. The maximum atomic E-state index is 4.71. The molecule has 0 bridgehead atoms. The Balaban J connectivity index is 1.87. The van der Waals surface area contributed by atoms with Crippen molar-refractivity contribution in [1.82, 2.24) is 15.0 Å². The van der Waals surface area contributed by atoms with Gasteiger partial charge in [0, 0.05) is 38.0 Å². The lowest BCUT2D eigenvalue weighted by atomic mass is 10.1. The molecule has 0 spiro atoms. The summed E-state index contributed by atoms with van der Waals surface area (Å²) in [6, 6.07) is 18.5. The highest BCUT2D eigenvalue weighted by Gasteiger charge is 2.14. The minimum atomic E-state index is 0.679. The molecular weight excluding hydrogens is 302 g/mol. The van der Waals surface area contributed by atoms with Gasteiger partial charge in [-0.1, -0.05) is 36.4 Å². The molecule has 3 nitrogen and oxygen atoms in total. The first-order valence-corrected chi connectivity index (χ1v) is 8.20. The van der Waals surface area contributed by atoms with Gasteiger partial charge in [0.15, 0.2) is 5.82 Å². The number of hydrogen-bond acceptors (Lipinski definition) is 4. The van der Waals surface area contributed by atoms with Gasteiger partial charge >= 0.3 is 0 Å². The number of thiophene rings is 1. The molecule has 0 aliphatic rings. The lowest BCUT2D eigenvalue weighted by molar-refractivity contribution is 1.19. The van der Waals surface area contributed by atoms with Gasteiger partial charge in [-0.05, 0) is 18.2 Å². The number of fused-ring (bicyclic) bond motifs is 4. The number of nitrogens with zero attached hydrogens (tertiary/aromatic N) is 3. The highest BCUT2D eigenvalue weighted by molar-refractivity contribution is 7.25. The average molecular weight is 313 g/mol. The molecule has 0 N–H and O–H groups in total. The lowest BCUT2D eigenvalue weighted by Gasteiger charge is -2.03. The van der Waals surface area contributed by atoms with E-state index in [-0.39, 0.29) is 0 Å². The van der Waals surface area contributed by atoms with E-state index >= 15 is 0 Å². The Morgan fingerprint density at radius 2 is 1.65 bits per heavy atom. The van der Waals surface area contributed by atoms with Gasteiger partial charge < -0.3 is 0 Å². The van der Waals surface area contributed by atoms with Crippen LogP contribution in [0.2, 0.25) is 0 Å². The van der Waals surface area contributed by atoms with E-state index in [1.165, 1.54) is 14.8 Å². The second-order valence-corrected chi connectivity index (χ2v) is 6.47. The zero-order chi connectivity index (χ0) is 15.2. The maximum Gasteiger partial charge on any atom is 0.179 e. The molecule has 3 heterocycles. The Bertz CT molecular complexity index is 1180. The van der Waals surface area contributed by atoms with Crippen molar-refractivity contribution < 1.29 is 0 Å². The molecule has 0 atom stereocenters. The van der Waals surface area contributed by atoms with Crippen LogP contribution in [0.15, 0.2) is 67.0 Å². The van der Waals surface area contributed by atoms with E-state index in [2.05, 4.69) is 40.3 Å². The summed E-state index contributed by atoms with van der Waals surface area (Å²) in [6.45, 7) is 0. The van der Waals surface area contributed by atoms with Gasteiger partial charge in [0.25, 0.3) is 0 Å². The monoisotopic (exact) mass is 313 g/mol. The molecule has 0 unspecified atom stereocenters. The predicted molar refractivity (Wildman–Crippen MR) is 95.7 cm³/mol. The molecule has 2 aromatic carbocycles. The van der Waals surface area contributed by atoms with Crippen LogP contribution in [-0.4, -0.2) is 15.0 Å². The molecule has 3 aromatic heterocycles. The largest absolute Gasteiger partial charge is 0.252 e. The first-order chi connectivity index (χ1) is 11.4. The fourth-order valence-electron chi connectivity index (χ4n) is 2.93. The Morgan fingerprint density at radius 3 is 2.65 bits per heavy atom. The third-order valence-corrected chi connectivity index (χ3v) is 5.13. The average Bonchev–Trinajstić information content (AvgIpc) is 3.00. The summed E-state index contributed by atoms with van der Waals surface area (Å²) < 4.78 is 2.48. The quantitative estimate of drug-likeness (QED) is 0.434. The summed E-state index contributed by atoms with van der Waals surface area (Å²) in [7, 11) is 0. The number of para-hydroxylation sites is 1. The molecule has 23 heavy (non-hydrogen) atoms. The number of rotatable bonds is 1. The number of hydrogen-bond donors (Lipinski definition) is 0. The molecule has 0 amide bonds. The van der Waals surface area contributed by atoms with Crippen molar-refractivity contribution in [2.75, 3.05) is 0 Å². The normalized spacial score (nSPS) is 11.5. The summed E-state index contributed by atoms with van der Waals surface area (Å²) in [5.41, 5.74) is 1.79. The van der Waals surface area contributed by atoms with E-state index in [9.17, 15) is 0 Å². The molecule has 0 aliphatic heterocycles. The molecule has 0 saturated heterocycles. The van der Waals surface area contributed by atoms with Gasteiger partial charge in [0.1, 0.15) is 5.69 Å². The van der Waals surface area contributed by atoms with E-state index in [0.717, 1.165) is 22.0 Å². The topological polar surface area (TPSA) is 38.7 Å². The molecule has 5 aromatic rings. The molecule has 5 rings (SSSR count). The summed E-state index contributed by atoms with van der Waals surface area (Å²) >= 11 is 1.78. The fourth-order valence-corrected chi connectivity index (χ4v) is 4.03. The maximum absolute atomic E-state index is 4.71. The van der Waals surface area contributed by atoms with Crippen molar-refractivity contribution in [3.63, 3.8) is 0 Å². The van der Waals surface area contributed by atoms with Crippen molar-refractivity contribution in [3.05, 3.63) is 67.0 Å². The van der Waals surface area contributed by atoms with Gasteiger partial charge in [0.2, 0.25) is 0 Å². The van der Waals surface area contributed by atoms with E-state index in [4.69, 9.17) is 4.98 Å². The van der Waals surface area contributed by atoms with Crippen LogP contribution >= 0.6 is 11.3 Å². The third-order valence-electron chi connectivity index (χ3n) is 3.99. The van der Waals surface area contributed by atoms with Crippen LogP contribution in [0.3, 0.4) is 0 Å². The van der Waals surface area contributed by atoms with E-state index in [0.29, 0.717) is 5.82 Å². The van der Waals surface area contributed by atoms with Gasteiger partial charge in [-0.15, -0.1) is 11.3 Å². The Hall–Kier alpha value is -2.85. The molecule has 0 radical (unpaired) electrons. The minimum absolute atomic E-state index is 0.679. The molecule has 4 heteroatoms. The van der Waals surface area contributed by atoms with Crippen molar-refractivity contribution in [1.29, 1.82) is 0 Å². The smallest absolute Gasteiger partial charge is 0.179 e. The Kier molecular flexibility index (Phi) is 2.66. The molecule has 108 valence electrons. The number of benzene rings is 2. The van der Waals surface area contributed by atoms with Crippen LogP contribution in [0.1, 0.15) is 0 Å². The zero-order valence-corrected chi connectivity index (χ0v) is 12.9. The second kappa shape index (κ2) is 4.83. The van der Waals surface area contributed by atoms with E-state index < -0.39 is 0 Å². The van der Waals surface area contributed by atoms with Crippen LogP contribution < -0.4 is 0 Å². The Labute approximate surface area is 136 Å². The fraction of sp³-hybridized carbons (Fsp3) is 0. The minimum Gasteiger partial charge on any atom is -0.252 e. The highest BCUT2D eigenvalue weighted by atomic mass is 32.1. The standard InChI is InChI=1S/C19H11N3S/c1-3-7-14-12(5-1)11-21-19(22-14)18-17-13-6-2-4-8-15(13)23-16(17)9-10-20-18/h1-11H. The van der Waals surface area contributed by atoms with Gasteiger partial charge in [-0.3, -0.25) is 4.98 Å². The molecule has 0 aliphatic carbocycles. The first-order valence-electron chi connectivity index (χ1n) is 7.38. The Morgan fingerprint density at radius 1 is 0.783 bits per heavy atom. The molecule has 0 saturated carbocycles.